The maximum absolute atomic E-state index is 13.9. The molecule has 19 heavy (non-hydrogen) atoms. The van der Waals surface area contributed by atoms with E-state index in [2.05, 4.69) is 26.2 Å². The topological polar surface area (TPSA) is 62.2 Å². The summed E-state index contributed by atoms with van der Waals surface area (Å²) in [5, 5.41) is 11.9. The second kappa shape index (κ2) is 5.54. The van der Waals surface area contributed by atoms with Gasteiger partial charge in [0.05, 0.1) is 10.7 Å². The molecule has 2 aromatic rings. The highest BCUT2D eigenvalue weighted by atomic mass is 79.9. The zero-order valence-electron chi connectivity index (χ0n) is 9.32. The molecule has 2 rings (SSSR count). The highest BCUT2D eigenvalue weighted by Gasteiger charge is 2.15. The number of nitrogens with one attached hydrogen (secondary N) is 1. The fraction of sp³-hybridized carbons (Fsp3) is 0. The smallest absolute Gasteiger partial charge is 0.338 e. The van der Waals surface area contributed by atoms with Crippen molar-refractivity contribution in [3.05, 3.63) is 51.3 Å². The quantitative estimate of drug-likeness (QED) is 0.880. The Bertz CT molecular complexity index is 652. The summed E-state index contributed by atoms with van der Waals surface area (Å²) in [5.41, 5.74) is -0.0337. The molecule has 0 radical (unpaired) electrons. The molecule has 1 aromatic carbocycles. The van der Waals surface area contributed by atoms with Crippen LogP contribution in [-0.2, 0) is 0 Å². The molecule has 1 aromatic heterocycles. The first kappa shape index (κ1) is 13.8. The SMILES string of the molecule is O=C(O)c1ccnc(Nc2cc(Br)ccc2Cl)c1F. The number of carboxylic acids is 1. The monoisotopic (exact) mass is 344 g/mol. The van der Waals surface area contributed by atoms with Crippen LogP contribution in [0.1, 0.15) is 10.4 Å². The van der Waals surface area contributed by atoms with Gasteiger partial charge in [-0.05, 0) is 24.3 Å². The number of rotatable bonds is 3. The Morgan fingerprint density at radius 3 is 2.84 bits per heavy atom. The third-order valence-electron chi connectivity index (χ3n) is 2.30. The Balaban J connectivity index is 2.41. The second-order valence-corrected chi connectivity index (χ2v) is 4.90. The van der Waals surface area contributed by atoms with Crippen molar-refractivity contribution in [2.45, 2.75) is 0 Å². The highest BCUT2D eigenvalue weighted by Crippen LogP contribution is 2.29. The Hall–Kier alpha value is -1.66. The van der Waals surface area contributed by atoms with E-state index in [-0.39, 0.29) is 5.82 Å². The minimum atomic E-state index is -1.36. The van der Waals surface area contributed by atoms with Gasteiger partial charge in [-0.3, -0.25) is 0 Å². The van der Waals surface area contributed by atoms with Gasteiger partial charge in [0.25, 0.3) is 0 Å². The van der Waals surface area contributed by atoms with Gasteiger partial charge in [-0.15, -0.1) is 0 Å². The Morgan fingerprint density at radius 1 is 1.42 bits per heavy atom. The average Bonchev–Trinajstić information content (AvgIpc) is 2.36. The largest absolute Gasteiger partial charge is 0.478 e. The lowest BCUT2D eigenvalue weighted by Gasteiger charge is -2.09. The number of carboxylic acid groups (broad SMARTS) is 1. The van der Waals surface area contributed by atoms with Crippen LogP contribution in [0.2, 0.25) is 5.02 Å². The predicted octanol–water partition coefficient (Wildman–Crippen LogP) is 4.08. The van der Waals surface area contributed by atoms with Crippen LogP contribution in [-0.4, -0.2) is 16.1 Å². The van der Waals surface area contributed by atoms with Crippen molar-refractivity contribution in [1.82, 2.24) is 4.98 Å². The van der Waals surface area contributed by atoms with Gasteiger partial charge in [0.2, 0.25) is 0 Å². The van der Waals surface area contributed by atoms with E-state index in [1.54, 1.807) is 18.2 Å². The predicted molar refractivity (Wildman–Crippen MR) is 73.6 cm³/mol. The van der Waals surface area contributed by atoms with E-state index in [1.807, 2.05) is 0 Å². The first-order valence-electron chi connectivity index (χ1n) is 5.09. The third kappa shape index (κ3) is 3.02. The molecule has 0 fully saturated rings. The number of aromatic carboxylic acids is 1. The molecule has 1 heterocycles. The number of halogens is 3. The Morgan fingerprint density at radius 2 is 2.16 bits per heavy atom. The maximum Gasteiger partial charge on any atom is 0.338 e. The normalized spacial score (nSPS) is 10.3. The Labute approximate surface area is 121 Å². The molecular formula is C12H7BrClFN2O2. The first-order chi connectivity index (χ1) is 8.99. The second-order valence-electron chi connectivity index (χ2n) is 3.58. The molecule has 0 aliphatic heterocycles. The van der Waals surface area contributed by atoms with Gasteiger partial charge in [-0.25, -0.2) is 14.2 Å². The standard InChI is InChI=1S/C12H7BrClFN2O2/c13-6-1-2-8(14)9(5-6)17-11-10(15)7(12(18)19)3-4-16-11/h1-5H,(H,16,17)(H,18,19). The molecule has 2 N–H and O–H groups in total. The summed E-state index contributed by atoms with van der Waals surface area (Å²) in [6.45, 7) is 0. The number of aromatic nitrogens is 1. The van der Waals surface area contributed by atoms with Crippen LogP contribution in [0.3, 0.4) is 0 Å². The summed E-state index contributed by atoms with van der Waals surface area (Å²) in [4.78, 5) is 14.6. The zero-order valence-corrected chi connectivity index (χ0v) is 11.7. The van der Waals surface area contributed by atoms with Gasteiger partial charge in [-0.1, -0.05) is 27.5 Å². The van der Waals surface area contributed by atoms with Crippen molar-refractivity contribution in [1.29, 1.82) is 0 Å². The first-order valence-corrected chi connectivity index (χ1v) is 6.26. The number of pyridine rings is 1. The van der Waals surface area contributed by atoms with Crippen molar-refractivity contribution < 1.29 is 14.3 Å². The van der Waals surface area contributed by atoms with Crippen LogP contribution >= 0.6 is 27.5 Å². The van der Waals surface area contributed by atoms with E-state index in [0.29, 0.717) is 10.7 Å². The van der Waals surface area contributed by atoms with E-state index in [4.69, 9.17) is 16.7 Å². The summed E-state index contributed by atoms with van der Waals surface area (Å²) in [6.07, 6.45) is 1.21. The van der Waals surface area contributed by atoms with Crippen molar-refractivity contribution in [2.75, 3.05) is 5.32 Å². The minimum absolute atomic E-state index is 0.195. The van der Waals surface area contributed by atoms with Crippen LogP contribution < -0.4 is 5.32 Å². The van der Waals surface area contributed by atoms with E-state index in [0.717, 1.165) is 10.5 Å². The van der Waals surface area contributed by atoms with E-state index < -0.39 is 17.3 Å². The molecule has 98 valence electrons. The van der Waals surface area contributed by atoms with Gasteiger partial charge < -0.3 is 10.4 Å². The molecule has 0 bridgehead atoms. The van der Waals surface area contributed by atoms with Crippen LogP contribution in [0.5, 0.6) is 0 Å². The molecule has 4 nitrogen and oxygen atoms in total. The minimum Gasteiger partial charge on any atom is -0.478 e. The zero-order chi connectivity index (χ0) is 14.0. The third-order valence-corrected chi connectivity index (χ3v) is 3.12. The molecule has 0 aliphatic rings. The lowest BCUT2D eigenvalue weighted by molar-refractivity contribution is 0.0692. The number of benzene rings is 1. The van der Waals surface area contributed by atoms with Crippen molar-refractivity contribution in [3.63, 3.8) is 0 Å². The summed E-state index contributed by atoms with van der Waals surface area (Å²) < 4.78 is 14.6. The number of nitrogens with zero attached hydrogens (tertiary/aromatic N) is 1. The lowest BCUT2D eigenvalue weighted by Crippen LogP contribution is -2.05. The highest BCUT2D eigenvalue weighted by molar-refractivity contribution is 9.10. The number of anilines is 2. The number of hydrogen-bond donors (Lipinski definition) is 2. The molecular weight excluding hydrogens is 338 g/mol. The molecule has 7 heteroatoms. The number of carbonyl (C=O) groups is 1. The lowest BCUT2D eigenvalue weighted by atomic mass is 10.2. The van der Waals surface area contributed by atoms with Crippen LogP contribution in [0.4, 0.5) is 15.9 Å². The average molecular weight is 346 g/mol. The van der Waals surface area contributed by atoms with E-state index >= 15 is 0 Å². The van der Waals surface area contributed by atoms with Crippen LogP contribution in [0, 0.1) is 5.82 Å². The van der Waals surface area contributed by atoms with Gasteiger partial charge in [0, 0.05) is 10.7 Å². The maximum atomic E-state index is 13.9. The van der Waals surface area contributed by atoms with Gasteiger partial charge >= 0.3 is 5.97 Å². The van der Waals surface area contributed by atoms with Crippen LogP contribution in [0.15, 0.2) is 34.9 Å². The van der Waals surface area contributed by atoms with E-state index in [9.17, 15) is 9.18 Å². The molecule has 0 atom stereocenters. The number of hydrogen-bond acceptors (Lipinski definition) is 3. The van der Waals surface area contributed by atoms with Gasteiger partial charge in [0.1, 0.15) is 5.56 Å². The molecule has 0 saturated heterocycles. The van der Waals surface area contributed by atoms with Gasteiger partial charge in [-0.2, -0.15) is 0 Å². The van der Waals surface area contributed by atoms with Crippen molar-refractivity contribution in [3.8, 4) is 0 Å². The summed E-state index contributed by atoms with van der Waals surface area (Å²) in [7, 11) is 0. The van der Waals surface area contributed by atoms with Gasteiger partial charge in [0.15, 0.2) is 11.6 Å². The summed E-state index contributed by atoms with van der Waals surface area (Å²) in [5.74, 6) is -2.49. The summed E-state index contributed by atoms with van der Waals surface area (Å²) >= 11 is 9.21. The van der Waals surface area contributed by atoms with E-state index in [1.165, 1.54) is 6.20 Å². The Kier molecular flexibility index (Phi) is 4.01. The van der Waals surface area contributed by atoms with Crippen molar-refractivity contribution >= 4 is 45.0 Å². The molecule has 0 amide bonds. The molecule has 0 spiro atoms. The molecule has 0 aliphatic carbocycles. The molecule has 0 saturated carbocycles. The fourth-order valence-electron chi connectivity index (χ4n) is 1.42. The summed E-state index contributed by atoms with van der Waals surface area (Å²) in [6, 6.07) is 6.07. The van der Waals surface area contributed by atoms with Crippen molar-refractivity contribution in [2.24, 2.45) is 0 Å². The fourth-order valence-corrected chi connectivity index (χ4v) is 1.94. The van der Waals surface area contributed by atoms with Crippen LogP contribution in [0.25, 0.3) is 0 Å². The molecule has 0 unspecified atom stereocenters.